The summed E-state index contributed by atoms with van der Waals surface area (Å²) in [6.45, 7) is 1.51. The van der Waals surface area contributed by atoms with Crippen LogP contribution in [0, 0.1) is 0 Å². The number of alkyl halides is 1. The van der Waals surface area contributed by atoms with Crippen molar-refractivity contribution in [3.63, 3.8) is 0 Å². The second kappa shape index (κ2) is 3.12. The van der Waals surface area contributed by atoms with Crippen molar-refractivity contribution in [2.45, 2.75) is 19.5 Å². The molecule has 0 saturated carbocycles. The van der Waals surface area contributed by atoms with Crippen LogP contribution in [0.4, 0.5) is 4.39 Å². The molecule has 0 saturated heterocycles. The van der Waals surface area contributed by atoms with E-state index in [1.54, 1.807) is 0 Å². The molecular formula is C4H9FO3S. The summed E-state index contributed by atoms with van der Waals surface area (Å²) in [5.41, 5.74) is 0. The number of hydrogen-bond acceptors (Lipinski definition) is 2. The SMILES string of the molecule is CCC(F)CS(=O)(=O)O. The largest absolute Gasteiger partial charge is 0.285 e. The van der Waals surface area contributed by atoms with E-state index in [0.29, 0.717) is 0 Å². The highest BCUT2D eigenvalue weighted by molar-refractivity contribution is 7.85. The summed E-state index contributed by atoms with van der Waals surface area (Å²) in [7, 11) is -4.11. The van der Waals surface area contributed by atoms with Crippen molar-refractivity contribution in [3.05, 3.63) is 0 Å². The van der Waals surface area contributed by atoms with Crippen molar-refractivity contribution in [1.29, 1.82) is 0 Å². The first-order valence-electron chi connectivity index (χ1n) is 2.55. The number of hydrogen-bond donors (Lipinski definition) is 1. The van der Waals surface area contributed by atoms with Crippen molar-refractivity contribution in [1.82, 2.24) is 0 Å². The molecule has 0 rings (SSSR count). The van der Waals surface area contributed by atoms with Gasteiger partial charge in [0.2, 0.25) is 0 Å². The third-order valence-electron chi connectivity index (χ3n) is 0.834. The Balaban J connectivity index is 3.75. The smallest absolute Gasteiger partial charge is 0.267 e. The predicted octanol–water partition coefficient (Wildman–Crippen LogP) is 0.622. The topological polar surface area (TPSA) is 54.4 Å². The Morgan fingerprint density at radius 1 is 1.67 bits per heavy atom. The van der Waals surface area contributed by atoms with Crippen molar-refractivity contribution < 1.29 is 17.4 Å². The molecule has 0 aliphatic rings. The molecule has 0 aromatic carbocycles. The summed E-state index contributed by atoms with van der Waals surface area (Å²) in [6.07, 6.45) is -1.33. The Kier molecular flexibility index (Phi) is 3.07. The number of halogens is 1. The van der Waals surface area contributed by atoms with Gasteiger partial charge in [-0.3, -0.25) is 4.55 Å². The Morgan fingerprint density at radius 3 is 2.22 bits per heavy atom. The van der Waals surface area contributed by atoms with Gasteiger partial charge in [-0.15, -0.1) is 0 Å². The maximum atomic E-state index is 12.1. The van der Waals surface area contributed by atoms with E-state index in [1.807, 2.05) is 0 Å². The van der Waals surface area contributed by atoms with E-state index >= 15 is 0 Å². The van der Waals surface area contributed by atoms with E-state index in [2.05, 4.69) is 0 Å². The van der Waals surface area contributed by atoms with Gasteiger partial charge in [-0.05, 0) is 6.42 Å². The molecule has 9 heavy (non-hydrogen) atoms. The summed E-state index contributed by atoms with van der Waals surface area (Å²) in [6, 6.07) is 0. The average Bonchev–Trinajstić information content (AvgIpc) is 1.62. The zero-order valence-corrected chi connectivity index (χ0v) is 5.86. The van der Waals surface area contributed by atoms with Gasteiger partial charge in [-0.2, -0.15) is 8.42 Å². The van der Waals surface area contributed by atoms with E-state index in [1.165, 1.54) is 6.92 Å². The van der Waals surface area contributed by atoms with E-state index in [0.717, 1.165) is 0 Å². The molecule has 0 aromatic heterocycles. The summed E-state index contributed by atoms with van der Waals surface area (Å²) in [5.74, 6) is -0.788. The van der Waals surface area contributed by atoms with Crippen LogP contribution in [-0.2, 0) is 10.1 Å². The molecule has 0 amide bonds. The van der Waals surface area contributed by atoms with Gasteiger partial charge in [-0.1, -0.05) is 6.92 Å². The Labute approximate surface area is 53.6 Å². The molecule has 0 aliphatic carbocycles. The van der Waals surface area contributed by atoms with Crippen LogP contribution in [-0.4, -0.2) is 24.9 Å². The highest BCUT2D eigenvalue weighted by Crippen LogP contribution is 1.99. The fourth-order valence-electron chi connectivity index (χ4n) is 0.346. The van der Waals surface area contributed by atoms with Crippen LogP contribution in [0.5, 0.6) is 0 Å². The minimum atomic E-state index is -4.11. The van der Waals surface area contributed by atoms with Crippen LogP contribution in [0.3, 0.4) is 0 Å². The van der Waals surface area contributed by atoms with Gasteiger partial charge < -0.3 is 0 Å². The van der Waals surface area contributed by atoms with Gasteiger partial charge in [0, 0.05) is 0 Å². The van der Waals surface area contributed by atoms with Gasteiger partial charge >= 0.3 is 0 Å². The highest BCUT2D eigenvalue weighted by Gasteiger charge is 2.12. The molecule has 1 unspecified atom stereocenters. The first kappa shape index (κ1) is 8.84. The van der Waals surface area contributed by atoms with E-state index in [4.69, 9.17) is 4.55 Å². The lowest BCUT2D eigenvalue weighted by molar-refractivity contribution is 0.344. The van der Waals surface area contributed by atoms with Gasteiger partial charge in [0.1, 0.15) is 11.9 Å². The Hall–Kier alpha value is -0.160. The standard InChI is InChI=1S/C4H9FO3S/c1-2-4(5)3-9(6,7)8/h4H,2-3H2,1H3,(H,6,7,8). The fraction of sp³-hybridized carbons (Fsp3) is 1.00. The molecule has 56 valence electrons. The highest BCUT2D eigenvalue weighted by atomic mass is 32.2. The lowest BCUT2D eigenvalue weighted by Gasteiger charge is -1.99. The molecule has 0 aromatic rings. The van der Waals surface area contributed by atoms with Crippen molar-refractivity contribution in [3.8, 4) is 0 Å². The van der Waals surface area contributed by atoms with Crippen LogP contribution >= 0.6 is 0 Å². The molecule has 0 fully saturated rings. The fourth-order valence-corrected chi connectivity index (χ4v) is 1.04. The van der Waals surface area contributed by atoms with Crippen LogP contribution in [0.15, 0.2) is 0 Å². The minimum absolute atomic E-state index is 0.111. The van der Waals surface area contributed by atoms with E-state index < -0.39 is 22.0 Å². The molecular weight excluding hydrogens is 147 g/mol. The van der Waals surface area contributed by atoms with Gasteiger partial charge in [-0.25, -0.2) is 4.39 Å². The second-order valence-electron chi connectivity index (χ2n) is 1.75. The van der Waals surface area contributed by atoms with Crippen LogP contribution in [0.25, 0.3) is 0 Å². The van der Waals surface area contributed by atoms with Crippen molar-refractivity contribution in [2.75, 3.05) is 5.75 Å². The van der Waals surface area contributed by atoms with E-state index in [-0.39, 0.29) is 6.42 Å². The van der Waals surface area contributed by atoms with Gasteiger partial charge in [0.25, 0.3) is 10.1 Å². The summed E-state index contributed by atoms with van der Waals surface area (Å²) in [4.78, 5) is 0. The lowest BCUT2D eigenvalue weighted by atomic mass is 10.3. The zero-order valence-electron chi connectivity index (χ0n) is 5.04. The molecule has 3 nitrogen and oxygen atoms in total. The van der Waals surface area contributed by atoms with Crippen LogP contribution in [0.2, 0.25) is 0 Å². The molecule has 0 bridgehead atoms. The van der Waals surface area contributed by atoms with Crippen molar-refractivity contribution >= 4 is 10.1 Å². The molecule has 0 spiro atoms. The molecule has 0 heterocycles. The molecule has 1 N–H and O–H groups in total. The van der Waals surface area contributed by atoms with Gasteiger partial charge in [0.05, 0.1) is 0 Å². The Morgan fingerprint density at radius 2 is 2.11 bits per heavy atom. The summed E-state index contributed by atoms with van der Waals surface area (Å²) < 4.78 is 40.0. The summed E-state index contributed by atoms with van der Waals surface area (Å²) in [5, 5.41) is 0. The third kappa shape index (κ3) is 5.72. The third-order valence-corrected chi connectivity index (χ3v) is 1.62. The maximum Gasteiger partial charge on any atom is 0.267 e. The molecule has 5 heteroatoms. The molecule has 0 radical (unpaired) electrons. The first-order valence-corrected chi connectivity index (χ1v) is 4.16. The molecule has 1 atom stereocenters. The summed E-state index contributed by atoms with van der Waals surface area (Å²) >= 11 is 0. The zero-order chi connectivity index (χ0) is 7.49. The molecule has 0 aliphatic heterocycles. The Bertz CT molecular complexity index is 163. The maximum absolute atomic E-state index is 12.1. The average molecular weight is 156 g/mol. The second-order valence-corrected chi connectivity index (χ2v) is 3.25. The van der Waals surface area contributed by atoms with Crippen LogP contribution in [0.1, 0.15) is 13.3 Å². The first-order chi connectivity index (χ1) is 3.95. The minimum Gasteiger partial charge on any atom is -0.285 e. The van der Waals surface area contributed by atoms with Gasteiger partial charge in [0.15, 0.2) is 0 Å². The predicted molar refractivity (Wildman–Crippen MR) is 31.6 cm³/mol. The lowest BCUT2D eigenvalue weighted by Crippen LogP contribution is -2.14. The normalized spacial score (nSPS) is 15.4. The monoisotopic (exact) mass is 156 g/mol. The van der Waals surface area contributed by atoms with E-state index in [9.17, 15) is 12.8 Å². The number of rotatable bonds is 3. The quantitative estimate of drug-likeness (QED) is 0.609. The van der Waals surface area contributed by atoms with Crippen LogP contribution < -0.4 is 0 Å². The van der Waals surface area contributed by atoms with Crippen molar-refractivity contribution in [2.24, 2.45) is 0 Å².